The molecule has 2 rings (SSSR count). The quantitative estimate of drug-likeness (QED) is 0.830. The Morgan fingerprint density at radius 2 is 2.32 bits per heavy atom. The number of aromatic nitrogens is 1. The molecular weight excluding hydrogens is 242 g/mol. The number of rotatable bonds is 6. The number of carbonyl (C=O) groups excluding carboxylic acids is 1. The van der Waals surface area contributed by atoms with Crippen molar-refractivity contribution in [2.75, 3.05) is 13.7 Å². The summed E-state index contributed by atoms with van der Waals surface area (Å²) < 4.78 is 5.44. The highest BCUT2D eigenvalue weighted by Gasteiger charge is 2.29. The summed E-state index contributed by atoms with van der Waals surface area (Å²) in [4.78, 5) is 17.8. The minimum Gasteiger partial charge on any atom is -0.482 e. The number of nitrogens with zero attached hydrogens (tertiary/aromatic N) is 2. The van der Waals surface area contributed by atoms with Gasteiger partial charge in [0.05, 0.1) is 6.20 Å². The summed E-state index contributed by atoms with van der Waals surface area (Å²) in [5.74, 6) is 0.633. The SMILES string of the molecule is CC(N)Cc1ccc(OCC(=O)N(C)C2CC2)cn1. The second-order valence-corrected chi connectivity index (χ2v) is 5.19. The summed E-state index contributed by atoms with van der Waals surface area (Å²) in [6.07, 6.45) is 4.59. The first kappa shape index (κ1) is 13.8. The van der Waals surface area contributed by atoms with Crippen molar-refractivity contribution in [2.24, 2.45) is 5.73 Å². The van der Waals surface area contributed by atoms with Crippen LogP contribution in [0.3, 0.4) is 0 Å². The van der Waals surface area contributed by atoms with E-state index in [0.717, 1.165) is 25.0 Å². The number of likely N-dealkylation sites (N-methyl/N-ethyl adjacent to an activating group) is 1. The van der Waals surface area contributed by atoms with Crippen LogP contribution < -0.4 is 10.5 Å². The third-order valence-corrected chi connectivity index (χ3v) is 3.18. The van der Waals surface area contributed by atoms with E-state index in [2.05, 4.69) is 4.98 Å². The van der Waals surface area contributed by atoms with Gasteiger partial charge in [0.1, 0.15) is 5.75 Å². The summed E-state index contributed by atoms with van der Waals surface area (Å²) in [6, 6.07) is 4.22. The van der Waals surface area contributed by atoms with Crippen LogP contribution in [-0.2, 0) is 11.2 Å². The highest BCUT2D eigenvalue weighted by molar-refractivity contribution is 5.78. The molecule has 19 heavy (non-hydrogen) atoms. The van der Waals surface area contributed by atoms with Crippen LogP contribution in [0, 0.1) is 0 Å². The second-order valence-electron chi connectivity index (χ2n) is 5.19. The topological polar surface area (TPSA) is 68.5 Å². The van der Waals surface area contributed by atoms with Gasteiger partial charge in [0.15, 0.2) is 6.61 Å². The molecule has 0 aromatic carbocycles. The molecule has 1 aromatic rings. The van der Waals surface area contributed by atoms with Crippen molar-refractivity contribution in [3.8, 4) is 5.75 Å². The molecule has 1 fully saturated rings. The van der Waals surface area contributed by atoms with Crippen molar-refractivity contribution in [3.63, 3.8) is 0 Å². The highest BCUT2D eigenvalue weighted by Crippen LogP contribution is 2.25. The van der Waals surface area contributed by atoms with Gasteiger partial charge in [-0.15, -0.1) is 0 Å². The van der Waals surface area contributed by atoms with E-state index in [1.807, 2.05) is 26.1 Å². The van der Waals surface area contributed by atoms with Gasteiger partial charge in [0.25, 0.3) is 5.91 Å². The van der Waals surface area contributed by atoms with Crippen LogP contribution >= 0.6 is 0 Å². The van der Waals surface area contributed by atoms with E-state index in [-0.39, 0.29) is 18.6 Å². The fraction of sp³-hybridized carbons (Fsp3) is 0.571. The lowest BCUT2D eigenvalue weighted by Crippen LogP contribution is -2.33. The first-order valence-corrected chi connectivity index (χ1v) is 6.65. The van der Waals surface area contributed by atoms with E-state index in [0.29, 0.717) is 11.8 Å². The number of amides is 1. The number of ether oxygens (including phenoxy) is 1. The van der Waals surface area contributed by atoms with Gasteiger partial charge in [-0.2, -0.15) is 0 Å². The van der Waals surface area contributed by atoms with Gasteiger partial charge < -0.3 is 15.4 Å². The third kappa shape index (κ3) is 4.21. The lowest BCUT2D eigenvalue weighted by Gasteiger charge is -2.16. The molecule has 1 aliphatic carbocycles. The summed E-state index contributed by atoms with van der Waals surface area (Å²) >= 11 is 0. The molecule has 5 nitrogen and oxygen atoms in total. The Morgan fingerprint density at radius 1 is 1.58 bits per heavy atom. The zero-order valence-corrected chi connectivity index (χ0v) is 11.5. The number of carbonyl (C=O) groups is 1. The predicted octanol–water partition coefficient (Wildman–Crippen LogP) is 0.971. The first-order chi connectivity index (χ1) is 9.06. The molecule has 0 aliphatic heterocycles. The van der Waals surface area contributed by atoms with E-state index >= 15 is 0 Å². The Hall–Kier alpha value is -1.62. The van der Waals surface area contributed by atoms with Crippen molar-refractivity contribution in [1.82, 2.24) is 9.88 Å². The van der Waals surface area contributed by atoms with Crippen LogP contribution in [0.4, 0.5) is 0 Å². The van der Waals surface area contributed by atoms with Crippen molar-refractivity contribution in [2.45, 2.75) is 38.3 Å². The molecule has 0 spiro atoms. The molecule has 0 radical (unpaired) electrons. The van der Waals surface area contributed by atoms with Crippen LogP contribution in [0.5, 0.6) is 5.75 Å². The van der Waals surface area contributed by atoms with Crippen LogP contribution in [0.2, 0.25) is 0 Å². The third-order valence-electron chi connectivity index (χ3n) is 3.18. The van der Waals surface area contributed by atoms with Crippen LogP contribution in [-0.4, -0.2) is 41.5 Å². The molecule has 1 saturated carbocycles. The first-order valence-electron chi connectivity index (χ1n) is 6.65. The van der Waals surface area contributed by atoms with Crippen molar-refractivity contribution in [1.29, 1.82) is 0 Å². The Labute approximate surface area is 113 Å². The summed E-state index contributed by atoms with van der Waals surface area (Å²) in [7, 11) is 1.83. The number of hydrogen-bond acceptors (Lipinski definition) is 4. The average molecular weight is 263 g/mol. The minimum atomic E-state index is 0.0159. The Morgan fingerprint density at radius 3 is 2.84 bits per heavy atom. The minimum absolute atomic E-state index is 0.0159. The maximum absolute atomic E-state index is 11.8. The molecule has 2 N–H and O–H groups in total. The molecule has 0 saturated heterocycles. The average Bonchev–Trinajstić information content (AvgIpc) is 3.20. The molecule has 1 atom stereocenters. The Kier molecular flexibility index (Phi) is 4.37. The van der Waals surface area contributed by atoms with E-state index < -0.39 is 0 Å². The normalized spacial score (nSPS) is 15.9. The maximum Gasteiger partial charge on any atom is 0.260 e. The zero-order valence-electron chi connectivity index (χ0n) is 11.5. The molecule has 1 aliphatic rings. The van der Waals surface area contributed by atoms with Gasteiger partial charge in [-0.3, -0.25) is 9.78 Å². The summed E-state index contributed by atoms with van der Waals surface area (Å²) in [5.41, 5.74) is 6.64. The van der Waals surface area contributed by atoms with Gasteiger partial charge in [-0.05, 0) is 31.9 Å². The zero-order chi connectivity index (χ0) is 13.8. The van der Waals surface area contributed by atoms with Crippen molar-refractivity contribution < 1.29 is 9.53 Å². The van der Waals surface area contributed by atoms with Crippen LogP contribution in [0.1, 0.15) is 25.5 Å². The molecule has 5 heteroatoms. The molecule has 1 unspecified atom stereocenters. The maximum atomic E-state index is 11.8. The molecule has 1 aromatic heterocycles. The van der Waals surface area contributed by atoms with Crippen LogP contribution in [0.15, 0.2) is 18.3 Å². The van der Waals surface area contributed by atoms with E-state index in [9.17, 15) is 4.79 Å². The van der Waals surface area contributed by atoms with Gasteiger partial charge in [-0.1, -0.05) is 0 Å². The van der Waals surface area contributed by atoms with E-state index in [1.54, 1.807) is 11.1 Å². The Balaban J connectivity index is 1.80. The van der Waals surface area contributed by atoms with E-state index in [4.69, 9.17) is 10.5 Å². The number of pyridine rings is 1. The fourth-order valence-electron chi connectivity index (χ4n) is 1.86. The number of nitrogens with two attached hydrogens (primary N) is 1. The monoisotopic (exact) mass is 263 g/mol. The largest absolute Gasteiger partial charge is 0.482 e. The van der Waals surface area contributed by atoms with Crippen molar-refractivity contribution in [3.05, 3.63) is 24.0 Å². The fourth-order valence-corrected chi connectivity index (χ4v) is 1.86. The van der Waals surface area contributed by atoms with Gasteiger partial charge in [-0.25, -0.2) is 0 Å². The smallest absolute Gasteiger partial charge is 0.260 e. The molecule has 104 valence electrons. The van der Waals surface area contributed by atoms with Gasteiger partial charge >= 0.3 is 0 Å². The van der Waals surface area contributed by atoms with Gasteiger partial charge in [0.2, 0.25) is 0 Å². The van der Waals surface area contributed by atoms with Crippen LogP contribution in [0.25, 0.3) is 0 Å². The van der Waals surface area contributed by atoms with E-state index in [1.165, 1.54) is 0 Å². The highest BCUT2D eigenvalue weighted by atomic mass is 16.5. The second kappa shape index (κ2) is 6.02. The molecule has 0 bridgehead atoms. The lowest BCUT2D eigenvalue weighted by molar-refractivity contribution is -0.132. The van der Waals surface area contributed by atoms with Crippen molar-refractivity contribution >= 4 is 5.91 Å². The summed E-state index contributed by atoms with van der Waals surface area (Å²) in [6.45, 7) is 2.01. The van der Waals surface area contributed by atoms with Gasteiger partial charge in [0, 0.05) is 31.2 Å². The Bertz CT molecular complexity index is 427. The lowest BCUT2D eigenvalue weighted by atomic mass is 10.2. The molecule has 1 amide bonds. The predicted molar refractivity (Wildman–Crippen MR) is 72.9 cm³/mol. The summed E-state index contributed by atoms with van der Waals surface area (Å²) in [5, 5.41) is 0. The molecule has 1 heterocycles. The number of hydrogen-bond donors (Lipinski definition) is 1. The standard InChI is InChI=1S/C14H21N3O2/c1-10(15)7-11-3-6-13(8-16-11)19-9-14(18)17(2)12-4-5-12/h3,6,8,10,12H,4-5,7,9,15H2,1-2H3. The molecular formula is C14H21N3O2.